The minimum Gasteiger partial charge on any atom is -0.271 e. The predicted octanol–water partition coefficient (Wildman–Crippen LogP) is 1.82. The Hall–Kier alpha value is -3.59. The molecule has 0 fully saturated rings. The van der Waals surface area contributed by atoms with Crippen LogP contribution < -0.4 is 9.73 Å². The predicted molar refractivity (Wildman–Crippen MR) is 105 cm³/mol. The van der Waals surface area contributed by atoms with E-state index in [1.807, 2.05) is 0 Å². The average Bonchev–Trinajstić information content (AvgIpc) is 2.74. The molecule has 3 rings (SSSR count). The van der Waals surface area contributed by atoms with Crippen LogP contribution in [0, 0.1) is 0 Å². The van der Waals surface area contributed by atoms with Gasteiger partial charge in [0.25, 0.3) is 15.9 Å². The molecule has 0 bridgehead atoms. The van der Waals surface area contributed by atoms with Gasteiger partial charge in [-0.2, -0.15) is 5.10 Å². The highest BCUT2D eigenvalue weighted by Gasteiger charge is 2.27. The van der Waals surface area contributed by atoms with E-state index in [1.54, 1.807) is 54.9 Å². The van der Waals surface area contributed by atoms with E-state index in [9.17, 15) is 13.2 Å². The molecular weight excluding hydrogens is 378 g/mol. The molecule has 1 aromatic carbocycles. The van der Waals surface area contributed by atoms with Crippen LogP contribution in [0.15, 0.2) is 89.4 Å². The number of amides is 1. The van der Waals surface area contributed by atoms with Gasteiger partial charge in [-0.1, -0.05) is 18.2 Å². The van der Waals surface area contributed by atoms with E-state index in [1.165, 1.54) is 30.7 Å². The summed E-state index contributed by atoms with van der Waals surface area (Å²) in [5, 5.41) is 3.85. The van der Waals surface area contributed by atoms with Gasteiger partial charge >= 0.3 is 0 Å². The summed E-state index contributed by atoms with van der Waals surface area (Å²) in [5.74, 6) is -0.589. The maximum atomic E-state index is 13.0. The Bertz CT molecular complexity index is 1040. The maximum Gasteiger partial charge on any atom is 0.264 e. The van der Waals surface area contributed by atoms with Crippen molar-refractivity contribution >= 4 is 27.8 Å². The molecule has 8 nitrogen and oxygen atoms in total. The third kappa shape index (κ3) is 4.77. The summed E-state index contributed by atoms with van der Waals surface area (Å²) < 4.78 is 27.1. The molecule has 0 aliphatic heterocycles. The van der Waals surface area contributed by atoms with Gasteiger partial charge in [0.1, 0.15) is 6.54 Å². The number of hydrazone groups is 1. The average molecular weight is 395 g/mol. The van der Waals surface area contributed by atoms with Gasteiger partial charge in [0.15, 0.2) is 0 Å². The molecule has 3 aromatic rings. The van der Waals surface area contributed by atoms with Crippen LogP contribution >= 0.6 is 0 Å². The summed E-state index contributed by atoms with van der Waals surface area (Å²) in [4.78, 5) is 20.2. The largest absolute Gasteiger partial charge is 0.271 e. The van der Waals surface area contributed by atoms with E-state index in [4.69, 9.17) is 0 Å². The number of nitrogens with one attached hydrogen (secondary N) is 1. The lowest BCUT2D eigenvalue weighted by molar-refractivity contribution is -0.119. The zero-order valence-electron chi connectivity index (χ0n) is 14.7. The zero-order chi connectivity index (χ0) is 19.8. The Morgan fingerprint density at radius 1 is 1.00 bits per heavy atom. The molecule has 1 amide bonds. The van der Waals surface area contributed by atoms with Crippen molar-refractivity contribution < 1.29 is 13.2 Å². The third-order valence-electron chi connectivity index (χ3n) is 3.66. The smallest absolute Gasteiger partial charge is 0.264 e. The lowest BCUT2D eigenvalue weighted by Crippen LogP contribution is -2.39. The second-order valence-corrected chi connectivity index (χ2v) is 7.47. The Morgan fingerprint density at radius 3 is 2.43 bits per heavy atom. The minimum atomic E-state index is -3.95. The SMILES string of the molecule is O=C(CN(c1cccnc1)S(=O)(=O)c1ccccc1)N/N=C\c1ccncc1. The van der Waals surface area contributed by atoms with Gasteiger partial charge in [0.05, 0.1) is 23.0 Å². The van der Waals surface area contributed by atoms with Crippen LogP contribution in [0.2, 0.25) is 0 Å². The van der Waals surface area contributed by atoms with Crippen molar-refractivity contribution in [3.8, 4) is 0 Å². The maximum absolute atomic E-state index is 13.0. The minimum absolute atomic E-state index is 0.0759. The van der Waals surface area contributed by atoms with Crippen LogP contribution in [0.5, 0.6) is 0 Å². The Labute approximate surface area is 162 Å². The molecule has 1 N–H and O–H groups in total. The molecule has 142 valence electrons. The van der Waals surface area contributed by atoms with Crippen LogP contribution in [-0.2, 0) is 14.8 Å². The topological polar surface area (TPSA) is 105 Å². The standard InChI is InChI=1S/C19H17N5O3S/c25-19(23-22-13-16-8-11-20-12-9-16)15-24(17-5-4-10-21-14-17)28(26,27)18-6-2-1-3-7-18/h1-14H,15H2,(H,23,25)/b22-13-. The number of rotatable bonds is 7. The van der Waals surface area contributed by atoms with Crippen molar-refractivity contribution in [3.05, 3.63) is 84.9 Å². The first-order chi connectivity index (χ1) is 13.6. The number of anilines is 1. The summed E-state index contributed by atoms with van der Waals surface area (Å²) in [6.07, 6.45) is 7.54. The number of sulfonamides is 1. The van der Waals surface area contributed by atoms with Gasteiger partial charge in [-0.15, -0.1) is 0 Å². The van der Waals surface area contributed by atoms with E-state index >= 15 is 0 Å². The highest BCUT2D eigenvalue weighted by atomic mass is 32.2. The van der Waals surface area contributed by atoms with E-state index < -0.39 is 22.5 Å². The van der Waals surface area contributed by atoms with Gasteiger partial charge in [0.2, 0.25) is 0 Å². The first-order valence-electron chi connectivity index (χ1n) is 8.27. The summed E-state index contributed by atoms with van der Waals surface area (Å²) in [7, 11) is -3.95. The molecule has 0 radical (unpaired) electrons. The number of carbonyl (C=O) groups is 1. The Kier molecular flexibility index (Phi) is 6.07. The molecule has 0 atom stereocenters. The fraction of sp³-hybridized carbons (Fsp3) is 0.0526. The van der Waals surface area contributed by atoms with Crippen molar-refractivity contribution in [3.63, 3.8) is 0 Å². The number of nitrogens with zero attached hydrogens (tertiary/aromatic N) is 4. The van der Waals surface area contributed by atoms with Crippen LogP contribution in [0.25, 0.3) is 0 Å². The van der Waals surface area contributed by atoms with E-state index in [-0.39, 0.29) is 10.6 Å². The van der Waals surface area contributed by atoms with E-state index in [2.05, 4.69) is 20.5 Å². The molecular formula is C19H17N5O3S. The van der Waals surface area contributed by atoms with Gasteiger partial charge in [0, 0.05) is 18.6 Å². The lowest BCUT2D eigenvalue weighted by Gasteiger charge is -2.23. The second kappa shape index (κ2) is 8.87. The van der Waals surface area contributed by atoms with Gasteiger partial charge in [-0.3, -0.25) is 19.1 Å². The van der Waals surface area contributed by atoms with Crippen molar-refractivity contribution in [1.82, 2.24) is 15.4 Å². The zero-order valence-corrected chi connectivity index (χ0v) is 15.5. The molecule has 9 heteroatoms. The van der Waals surface area contributed by atoms with Gasteiger partial charge < -0.3 is 0 Å². The number of aromatic nitrogens is 2. The Balaban J connectivity index is 1.80. The number of hydrogen-bond donors (Lipinski definition) is 1. The highest BCUT2D eigenvalue weighted by molar-refractivity contribution is 7.92. The normalized spacial score (nSPS) is 11.3. The molecule has 0 saturated carbocycles. The summed E-state index contributed by atoms with van der Waals surface area (Å²) in [5.41, 5.74) is 3.36. The molecule has 0 spiro atoms. The lowest BCUT2D eigenvalue weighted by atomic mass is 10.3. The first-order valence-corrected chi connectivity index (χ1v) is 9.71. The molecule has 0 aliphatic carbocycles. The quantitative estimate of drug-likeness (QED) is 0.485. The van der Waals surface area contributed by atoms with Crippen molar-refractivity contribution in [1.29, 1.82) is 0 Å². The van der Waals surface area contributed by atoms with Crippen molar-refractivity contribution in [2.24, 2.45) is 5.10 Å². The number of benzene rings is 1. The Morgan fingerprint density at radius 2 is 1.75 bits per heavy atom. The fourth-order valence-electron chi connectivity index (χ4n) is 2.33. The second-order valence-electron chi connectivity index (χ2n) is 5.61. The van der Waals surface area contributed by atoms with Crippen LogP contribution in [0.1, 0.15) is 5.56 Å². The molecule has 2 aromatic heterocycles. The fourth-order valence-corrected chi connectivity index (χ4v) is 3.76. The van der Waals surface area contributed by atoms with Gasteiger partial charge in [-0.25, -0.2) is 13.8 Å². The van der Waals surface area contributed by atoms with Crippen molar-refractivity contribution in [2.75, 3.05) is 10.8 Å². The number of hydrogen-bond acceptors (Lipinski definition) is 6. The van der Waals surface area contributed by atoms with Crippen molar-refractivity contribution in [2.45, 2.75) is 4.90 Å². The molecule has 0 aliphatic rings. The summed E-state index contributed by atoms with van der Waals surface area (Å²) >= 11 is 0. The van der Waals surface area contributed by atoms with Gasteiger partial charge in [-0.05, 0) is 42.0 Å². The first kappa shape index (κ1) is 19.2. The summed E-state index contributed by atoms with van der Waals surface area (Å²) in [6, 6.07) is 14.5. The third-order valence-corrected chi connectivity index (χ3v) is 5.45. The van der Waals surface area contributed by atoms with Crippen LogP contribution in [0.3, 0.4) is 0 Å². The van der Waals surface area contributed by atoms with E-state index in [0.717, 1.165) is 9.87 Å². The summed E-state index contributed by atoms with van der Waals surface area (Å²) in [6.45, 7) is -0.448. The molecule has 0 unspecified atom stereocenters. The number of pyridine rings is 2. The molecule has 2 heterocycles. The van der Waals surface area contributed by atoms with Crippen LogP contribution in [-0.4, -0.2) is 37.1 Å². The molecule has 0 saturated heterocycles. The number of carbonyl (C=O) groups excluding carboxylic acids is 1. The molecule has 28 heavy (non-hydrogen) atoms. The highest BCUT2D eigenvalue weighted by Crippen LogP contribution is 2.22. The van der Waals surface area contributed by atoms with E-state index in [0.29, 0.717) is 0 Å². The van der Waals surface area contributed by atoms with Crippen LogP contribution in [0.4, 0.5) is 5.69 Å². The monoisotopic (exact) mass is 395 g/mol.